The zero-order valence-electron chi connectivity index (χ0n) is 9.75. The molecule has 1 amide bonds. The van der Waals surface area contributed by atoms with E-state index >= 15 is 0 Å². The molecule has 0 saturated carbocycles. The number of nitrogens with zero attached hydrogens (tertiary/aromatic N) is 1. The van der Waals surface area contributed by atoms with E-state index in [-0.39, 0.29) is 5.91 Å². The second-order valence-corrected chi connectivity index (χ2v) is 4.02. The van der Waals surface area contributed by atoms with E-state index in [1.807, 2.05) is 6.92 Å². The largest absolute Gasteiger partial charge is 0.479 e. The van der Waals surface area contributed by atoms with E-state index < -0.39 is 11.5 Å². The summed E-state index contributed by atoms with van der Waals surface area (Å²) >= 11 is 0. The predicted molar refractivity (Wildman–Crippen MR) is 59.7 cm³/mol. The summed E-state index contributed by atoms with van der Waals surface area (Å²) in [6.45, 7) is 4.01. The Labute approximate surface area is 95.6 Å². The van der Waals surface area contributed by atoms with Crippen molar-refractivity contribution in [3.63, 3.8) is 0 Å². The Morgan fingerprint density at radius 3 is 2.69 bits per heavy atom. The number of rotatable bonds is 3. The van der Waals surface area contributed by atoms with Crippen molar-refractivity contribution in [2.24, 2.45) is 0 Å². The summed E-state index contributed by atoms with van der Waals surface area (Å²) in [5, 5.41) is 9.34. The van der Waals surface area contributed by atoms with Gasteiger partial charge in [0.1, 0.15) is 5.54 Å². The summed E-state index contributed by atoms with van der Waals surface area (Å²) in [7, 11) is 0. The van der Waals surface area contributed by atoms with Crippen LogP contribution in [-0.2, 0) is 9.59 Å². The van der Waals surface area contributed by atoms with Crippen molar-refractivity contribution in [1.82, 2.24) is 4.90 Å². The molecule has 1 rings (SSSR count). The topological polar surface area (TPSA) is 57.6 Å². The Hall–Kier alpha value is -1.50. The quantitative estimate of drug-likeness (QED) is 0.733. The van der Waals surface area contributed by atoms with E-state index in [1.165, 1.54) is 4.90 Å². The Bertz CT molecular complexity index is 353. The smallest absolute Gasteiger partial charge is 0.329 e. The van der Waals surface area contributed by atoms with Gasteiger partial charge in [-0.25, -0.2) is 4.79 Å². The van der Waals surface area contributed by atoms with Gasteiger partial charge in [-0.3, -0.25) is 4.79 Å². The van der Waals surface area contributed by atoms with Crippen molar-refractivity contribution in [2.75, 3.05) is 6.54 Å². The molecule has 1 aliphatic rings. The minimum absolute atomic E-state index is 0.365. The van der Waals surface area contributed by atoms with Gasteiger partial charge in [0.25, 0.3) is 5.91 Å². The fourth-order valence-corrected chi connectivity index (χ4v) is 2.35. The van der Waals surface area contributed by atoms with Gasteiger partial charge in [0.2, 0.25) is 0 Å². The van der Waals surface area contributed by atoms with Crippen molar-refractivity contribution < 1.29 is 14.7 Å². The maximum Gasteiger partial charge on any atom is 0.329 e. The van der Waals surface area contributed by atoms with Gasteiger partial charge in [0.15, 0.2) is 0 Å². The van der Waals surface area contributed by atoms with Crippen molar-refractivity contribution in [1.29, 1.82) is 0 Å². The van der Waals surface area contributed by atoms with E-state index in [1.54, 1.807) is 6.92 Å². The third-order valence-electron chi connectivity index (χ3n) is 3.03. The monoisotopic (exact) mass is 223 g/mol. The fourth-order valence-electron chi connectivity index (χ4n) is 2.35. The van der Waals surface area contributed by atoms with Crippen LogP contribution in [0.3, 0.4) is 0 Å². The van der Waals surface area contributed by atoms with E-state index in [4.69, 9.17) is 0 Å². The van der Waals surface area contributed by atoms with E-state index in [0.717, 1.165) is 12.8 Å². The molecule has 0 aliphatic carbocycles. The third kappa shape index (κ3) is 2.04. The maximum atomic E-state index is 11.7. The molecule has 0 aromatic heterocycles. The number of aliphatic carboxylic acids is 1. The van der Waals surface area contributed by atoms with Gasteiger partial charge in [-0.2, -0.15) is 0 Å². The molecule has 1 N–H and O–H groups in total. The molecule has 0 bridgehead atoms. The standard InChI is InChI=1S/C12H17NO3/c1-3-6-10(14)13-9-5-8-12(13,7-4-2)11(15)16/h4-5,7-9H2,1-2H3,(H,15,16). The van der Waals surface area contributed by atoms with Crippen LogP contribution in [0.1, 0.15) is 39.5 Å². The lowest BCUT2D eigenvalue weighted by atomic mass is 9.90. The van der Waals surface area contributed by atoms with Crippen molar-refractivity contribution in [3.8, 4) is 11.8 Å². The lowest BCUT2D eigenvalue weighted by molar-refractivity contribution is -0.155. The molecule has 0 spiro atoms. The molecule has 1 atom stereocenters. The van der Waals surface area contributed by atoms with Gasteiger partial charge in [-0.15, -0.1) is 0 Å². The van der Waals surface area contributed by atoms with E-state index in [9.17, 15) is 14.7 Å². The highest BCUT2D eigenvalue weighted by Gasteiger charge is 2.48. The molecule has 16 heavy (non-hydrogen) atoms. The second kappa shape index (κ2) is 5.02. The highest BCUT2D eigenvalue weighted by molar-refractivity contribution is 5.97. The Balaban J connectivity index is 3.01. The van der Waals surface area contributed by atoms with Crippen LogP contribution in [0.5, 0.6) is 0 Å². The molecule has 4 heteroatoms. The molecule has 0 radical (unpaired) electrons. The molecule has 1 heterocycles. The first-order chi connectivity index (χ1) is 7.58. The lowest BCUT2D eigenvalue weighted by Gasteiger charge is -2.33. The van der Waals surface area contributed by atoms with Crippen LogP contribution in [0.2, 0.25) is 0 Å². The molecule has 1 unspecified atom stereocenters. The third-order valence-corrected chi connectivity index (χ3v) is 3.03. The van der Waals surface area contributed by atoms with Gasteiger partial charge in [0.05, 0.1) is 0 Å². The first-order valence-electron chi connectivity index (χ1n) is 5.56. The van der Waals surface area contributed by atoms with Crippen LogP contribution in [-0.4, -0.2) is 34.0 Å². The van der Waals surface area contributed by atoms with Gasteiger partial charge < -0.3 is 10.0 Å². The SMILES string of the molecule is CC#CC(=O)N1CCCC1(CCC)C(=O)O. The number of carbonyl (C=O) groups excluding carboxylic acids is 1. The average Bonchev–Trinajstić information content (AvgIpc) is 2.64. The summed E-state index contributed by atoms with van der Waals surface area (Å²) in [5.74, 6) is 3.69. The van der Waals surface area contributed by atoms with Gasteiger partial charge in [-0.05, 0) is 32.1 Å². The van der Waals surface area contributed by atoms with E-state index in [0.29, 0.717) is 19.4 Å². The summed E-state index contributed by atoms with van der Waals surface area (Å²) < 4.78 is 0. The maximum absolute atomic E-state index is 11.7. The number of carbonyl (C=O) groups is 2. The van der Waals surface area contributed by atoms with Crippen LogP contribution in [0.4, 0.5) is 0 Å². The van der Waals surface area contributed by atoms with E-state index in [2.05, 4.69) is 11.8 Å². The summed E-state index contributed by atoms with van der Waals surface area (Å²) in [6.07, 6.45) is 2.52. The highest BCUT2D eigenvalue weighted by atomic mass is 16.4. The van der Waals surface area contributed by atoms with Gasteiger partial charge >= 0.3 is 5.97 Å². The number of likely N-dealkylation sites (tertiary alicyclic amines) is 1. The number of carboxylic acids is 1. The Kier molecular flexibility index (Phi) is 3.94. The molecule has 88 valence electrons. The highest BCUT2D eigenvalue weighted by Crippen LogP contribution is 2.33. The second-order valence-electron chi connectivity index (χ2n) is 4.02. The summed E-state index contributed by atoms with van der Waals surface area (Å²) in [5.41, 5.74) is -1.02. The molecule has 0 aromatic rings. The molecular formula is C12H17NO3. The predicted octanol–water partition coefficient (Wildman–Crippen LogP) is 1.26. The van der Waals surface area contributed by atoms with Crippen LogP contribution in [0.15, 0.2) is 0 Å². The fraction of sp³-hybridized carbons (Fsp3) is 0.667. The van der Waals surface area contributed by atoms with Gasteiger partial charge in [0, 0.05) is 6.54 Å². The number of hydrogen-bond donors (Lipinski definition) is 1. The molecule has 1 fully saturated rings. The normalized spacial score (nSPS) is 23.8. The number of amides is 1. The Morgan fingerprint density at radius 2 is 2.19 bits per heavy atom. The van der Waals surface area contributed by atoms with Gasteiger partial charge in [-0.1, -0.05) is 19.3 Å². The molecule has 1 aliphatic heterocycles. The molecule has 0 aromatic carbocycles. The Morgan fingerprint density at radius 1 is 1.50 bits per heavy atom. The first-order valence-corrected chi connectivity index (χ1v) is 5.56. The zero-order chi connectivity index (χ0) is 12.2. The van der Waals surface area contributed by atoms with Crippen LogP contribution >= 0.6 is 0 Å². The first kappa shape index (κ1) is 12.6. The minimum atomic E-state index is -1.02. The number of carboxylic acid groups (broad SMARTS) is 1. The molecule has 1 saturated heterocycles. The molecular weight excluding hydrogens is 206 g/mol. The average molecular weight is 223 g/mol. The van der Waals surface area contributed by atoms with Crippen LogP contribution in [0.25, 0.3) is 0 Å². The molecule has 4 nitrogen and oxygen atoms in total. The zero-order valence-corrected chi connectivity index (χ0v) is 9.75. The van der Waals surface area contributed by atoms with Crippen LogP contribution < -0.4 is 0 Å². The van der Waals surface area contributed by atoms with Crippen molar-refractivity contribution >= 4 is 11.9 Å². The summed E-state index contributed by atoms with van der Waals surface area (Å²) in [4.78, 5) is 24.5. The minimum Gasteiger partial charge on any atom is -0.479 e. The van der Waals surface area contributed by atoms with Crippen molar-refractivity contribution in [2.45, 2.75) is 45.1 Å². The summed E-state index contributed by atoms with van der Waals surface area (Å²) in [6, 6.07) is 0. The van der Waals surface area contributed by atoms with Crippen molar-refractivity contribution in [3.05, 3.63) is 0 Å². The number of hydrogen-bond acceptors (Lipinski definition) is 2. The van der Waals surface area contributed by atoms with Crippen LogP contribution in [0, 0.1) is 11.8 Å². The lowest BCUT2D eigenvalue weighted by Crippen LogP contribution is -2.52.